The molecule has 1 rings (SSSR count). The molecule has 1 atom stereocenters. The summed E-state index contributed by atoms with van der Waals surface area (Å²) >= 11 is 0. The first-order chi connectivity index (χ1) is 10.8. The molecule has 1 unspecified atom stereocenters. The number of furan rings is 1. The van der Waals surface area contributed by atoms with Crippen LogP contribution in [0.25, 0.3) is 0 Å². The smallest absolute Gasteiger partial charge is 0.373 e. The second-order valence-electron chi connectivity index (χ2n) is 4.90. The van der Waals surface area contributed by atoms with E-state index in [2.05, 4.69) is 9.46 Å². The zero-order valence-electron chi connectivity index (χ0n) is 13.3. The predicted octanol–water partition coefficient (Wildman–Crippen LogP) is 1.55. The summed E-state index contributed by atoms with van der Waals surface area (Å²) in [5.74, 6) is -2.23. The van der Waals surface area contributed by atoms with Gasteiger partial charge in [-0.25, -0.2) is 13.2 Å². The van der Waals surface area contributed by atoms with Gasteiger partial charge in [0.1, 0.15) is 16.7 Å². The van der Waals surface area contributed by atoms with Crippen LogP contribution in [0.5, 0.6) is 0 Å². The number of carbonyl (C=O) groups is 2. The van der Waals surface area contributed by atoms with Crippen molar-refractivity contribution in [3.63, 3.8) is 0 Å². The lowest BCUT2D eigenvalue weighted by Crippen LogP contribution is -2.40. The Morgan fingerprint density at radius 1 is 1.39 bits per heavy atom. The highest BCUT2D eigenvalue weighted by atomic mass is 32.2. The van der Waals surface area contributed by atoms with E-state index in [1.807, 2.05) is 6.92 Å². The maximum atomic E-state index is 12.4. The predicted molar refractivity (Wildman–Crippen MR) is 80.7 cm³/mol. The van der Waals surface area contributed by atoms with Crippen LogP contribution in [0.1, 0.15) is 49.4 Å². The van der Waals surface area contributed by atoms with Crippen molar-refractivity contribution in [1.29, 1.82) is 0 Å². The van der Waals surface area contributed by atoms with Gasteiger partial charge >= 0.3 is 11.9 Å². The highest BCUT2D eigenvalue weighted by Crippen LogP contribution is 2.22. The minimum absolute atomic E-state index is 0.0672. The van der Waals surface area contributed by atoms with Crippen molar-refractivity contribution in [2.75, 3.05) is 7.11 Å². The van der Waals surface area contributed by atoms with E-state index in [9.17, 15) is 18.0 Å². The molecule has 9 heteroatoms. The fraction of sp³-hybridized carbons (Fsp3) is 0.571. The van der Waals surface area contributed by atoms with Gasteiger partial charge in [0.2, 0.25) is 15.8 Å². The molecule has 130 valence electrons. The molecule has 1 aromatic heterocycles. The fourth-order valence-corrected chi connectivity index (χ4v) is 3.45. The molecule has 8 nitrogen and oxygen atoms in total. The molecule has 2 N–H and O–H groups in total. The molecule has 0 bridgehead atoms. The first-order valence-electron chi connectivity index (χ1n) is 7.22. The third-order valence-electron chi connectivity index (χ3n) is 3.21. The van der Waals surface area contributed by atoms with E-state index >= 15 is 0 Å². The molecule has 0 aliphatic carbocycles. The number of unbranched alkanes of at least 4 members (excludes halogenated alkanes) is 1. The molecule has 0 amide bonds. The third kappa shape index (κ3) is 4.80. The van der Waals surface area contributed by atoms with Gasteiger partial charge < -0.3 is 14.3 Å². The summed E-state index contributed by atoms with van der Waals surface area (Å²) in [5.41, 5.74) is 0. The molecule has 23 heavy (non-hydrogen) atoms. The molecular formula is C14H21NO7S. The van der Waals surface area contributed by atoms with Crippen LogP contribution in [-0.2, 0) is 26.0 Å². The first kappa shape index (κ1) is 19.2. The molecule has 0 spiro atoms. The summed E-state index contributed by atoms with van der Waals surface area (Å²) in [6.07, 6.45) is 1.71. The molecule has 0 aliphatic heterocycles. The Kier molecular flexibility index (Phi) is 6.77. The normalized spacial score (nSPS) is 12.8. The summed E-state index contributed by atoms with van der Waals surface area (Å²) in [6.45, 7) is 3.53. The van der Waals surface area contributed by atoms with Crippen molar-refractivity contribution in [2.45, 2.75) is 50.5 Å². The molecule has 0 radical (unpaired) electrons. The van der Waals surface area contributed by atoms with Crippen LogP contribution in [-0.4, -0.2) is 38.6 Å². The van der Waals surface area contributed by atoms with Crippen LogP contribution in [0.2, 0.25) is 0 Å². The number of ether oxygens (including phenoxy) is 1. The molecule has 1 heterocycles. The number of carbonyl (C=O) groups excluding carboxylic acids is 1. The van der Waals surface area contributed by atoms with E-state index in [1.165, 1.54) is 0 Å². The summed E-state index contributed by atoms with van der Waals surface area (Å²) in [4.78, 5) is 22.4. The molecule has 1 aromatic rings. The zero-order chi connectivity index (χ0) is 17.6. The highest BCUT2D eigenvalue weighted by molar-refractivity contribution is 7.89. The Labute approximate surface area is 134 Å². The second kappa shape index (κ2) is 8.11. The summed E-state index contributed by atoms with van der Waals surface area (Å²) in [6, 6.07) is -0.188. The molecule has 0 fully saturated rings. The highest BCUT2D eigenvalue weighted by Gasteiger charge is 2.30. The van der Waals surface area contributed by atoms with Crippen LogP contribution in [0, 0.1) is 0 Å². The SMILES string of the molecule is CCCCC(NS(=O)(=O)c1cc(C(=O)OC)oc1CC)C(=O)O. The van der Waals surface area contributed by atoms with Gasteiger partial charge in [-0.1, -0.05) is 26.7 Å². The third-order valence-corrected chi connectivity index (χ3v) is 4.73. The number of aryl methyl sites for hydroxylation is 1. The molecule has 0 saturated heterocycles. The molecule has 0 aromatic carbocycles. The minimum atomic E-state index is -4.13. The number of rotatable bonds is 9. The Bertz CT molecular complexity index is 663. The van der Waals surface area contributed by atoms with Crippen molar-refractivity contribution < 1.29 is 32.3 Å². The van der Waals surface area contributed by atoms with E-state index in [0.717, 1.165) is 19.6 Å². The maximum Gasteiger partial charge on any atom is 0.373 e. The molecule has 0 aliphatic rings. The molecule has 0 saturated carbocycles. The maximum absolute atomic E-state index is 12.4. The number of aliphatic carboxylic acids is 1. The number of carboxylic acid groups (broad SMARTS) is 1. The van der Waals surface area contributed by atoms with Gasteiger partial charge in [0.15, 0.2) is 0 Å². The van der Waals surface area contributed by atoms with Crippen molar-refractivity contribution in [2.24, 2.45) is 0 Å². The van der Waals surface area contributed by atoms with Crippen LogP contribution in [0.4, 0.5) is 0 Å². The first-order valence-corrected chi connectivity index (χ1v) is 8.71. The van der Waals surface area contributed by atoms with Gasteiger partial charge in [-0.05, 0) is 6.42 Å². The lowest BCUT2D eigenvalue weighted by Gasteiger charge is -2.14. The average Bonchev–Trinajstić information content (AvgIpc) is 2.95. The number of hydrogen-bond acceptors (Lipinski definition) is 6. The number of carboxylic acids is 1. The van der Waals surface area contributed by atoms with Crippen molar-refractivity contribution >= 4 is 22.0 Å². The number of methoxy groups -OCH3 is 1. The largest absolute Gasteiger partial charge is 0.480 e. The minimum Gasteiger partial charge on any atom is -0.480 e. The van der Waals surface area contributed by atoms with E-state index in [0.29, 0.717) is 6.42 Å². The van der Waals surface area contributed by atoms with E-state index < -0.39 is 28.0 Å². The number of nitrogens with one attached hydrogen (secondary N) is 1. The summed E-state index contributed by atoms with van der Waals surface area (Å²) in [5, 5.41) is 9.14. The van der Waals surface area contributed by atoms with Crippen LogP contribution in [0.3, 0.4) is 0 Å². The Morgan fingerprint density at radius 2 is 2.04 bits per heavy atom. The summed E-state index contributed by atoms with van der Waals surface area (Å²) < 4.78 is 36.7. The number of hydrogen-bond donors (Lipinski definition) is 2. The number of esters is 1. The Hall–Kier alpha value is -1.87. The molecular weight excluding hydrogens is 326 g/mol. The standard InChI is InChI=1S/C14H21NO7S/c1-4-6-7-9(13(16)17)15-23(19,20)12-8-11(14(18)21-3)22-10(12)5-2/h8-9,15H,4-7H2,1-3H3,(H,16,17). The van der Waals surface area contributed by atoms with E-state index in [-0.39, 0.29) is 29.3 Å². The summed E-state index contributed by atoms with van der Waals surface area (Å²) in [7, 11) is -2.98. The fourth-order valence-electron chi connectivity index (χ4n) is 1.98. The second-order valence-corrected chi connectivity index (χ2v) is 6.58. The lowest BCUT2D eigenvalue weighted by molar-refractivity contribution is -0.139. The van der Waals surface area contributed by atoms with E-state index in [4.69, 9.17) is 9.52 Å². The zero-order valence-corrected chi connectivity index (χ0v) is 14.1. The monoisotopic (exact) mass is 347 g/mol. The quantitative estimate of drug-likeness (QED) is 0.650. The Morgan fingerprint density at radius 3 is 2.52 bits per heavy atom. The van der Waals surface area contributed by atoms with Crippen LogP contribution in [0.15, 0.2) is 15.4 Å². The van der Waals surface area contributed by atoms with Gasteiger partial charge in [-0.3, -0.25) is 4.79 Å². The lowest BCUT2D eigenvalue weighted by atomic mass is 10.1. The van der Waals surface area contributed by atoms with Gasteiger partial charge in [0.25, 0.3) is 0 Å². The van der Waals surface area contributed by atoms with Gasteiger partial charge in [-0.15, -0.1) is 0 Å². The average molecular weight is 347 g/mol. The van der Waals surface area contributed by atoms with Crippen molar-refractivity contribution in [3.05, 3.63) is 17.6 Å². The van der Waals surface area contributed by atoms with Crippen LogP contribution < -0.4 is 4.72 Å². The van der Waals surface area contributed by atoms with Crippen molar-refractivity contribution in [3.8, 4) is 0 Å². The Balaban J connectivity index is 3.13. The van der Waals surface area contributed by atoms with Gasteiger partial charge in [0.05, 0.1) is 7.11 Å². The number of sulfonamides is 1. The van der Waals surface area contributed by atoms with Crippen molar-refractivity contribution in [1.82, 2.24) is 4.72 Å². The van der Waals surface area contributed by atoms with Crippen LogP contribution >= 0.6 is 0 Å². The van der Waals surface area contributed by atoms with E-state index in [1.54, 1.807) is 6.92 Å². The topological polar surface area (TPSA) is 123 Å². The van der Waals surface area contributed by atoms with Gasteiger partial charge in [0, 0.05) is 12.5 Å². The van der Waals surface area contributed by atoms with Gasteiger partial charge in [-0.2, -0.15) is 4.72 Å².